The van der Waals surface area contributed by atoms with Crippen LogP contribution in [0, 0.1) is 11.8 Å². The topological polar surface area (TPSA) is 253 Å². The van der Waals surface area contributed by atoms with Gasteiger partial charge in [0.25, 0.3) is 0 Å². The van der Waals surface area contributed by atoms with Crippen molar-refractivity contribution in [3.05, 3.63) is 71.8 Å². The molecular formula is C38H57N9O7. The maximum Gasteiger partial charge on any atom is 0.408 e. The van der Waals surface area contributed by atoms with Gasteiger partial charge >= 0.3 is 6.09 Å². The summed E-state index contributed by atoms with van der Waals surface area (Å²) >= 11 is 0. The molecule has 296 valence electrons. The molecule has 0 fully saturated rings. The predicted molar refractivity (Wildman–Crippen MR) is 205 cm³/mol. The van der Waals surface area contributed by atoms with Gasteiger partial charge in [-0.05, 0) is 42.2 Å². The summed E-state index contributed by atoms with van der Waals surface area (Å²) in [5.41, 5.74) is 18.2. The zero-order valence-electron chi connectivity index (χ0n) is 31.9. The zero-order valence-corrected chi connectivity index (χ0v) is 31.9. The Hall–Kier alpha value is -5.67. The monoisotopic (exact) mass is 751 g/mol. The van der Waals surface area contributed by atoms with Gasteiger partial charge in [0.1, 0.15) is 24.7 Å². The minimum atomic E-state index is -1.10. The molecule has 0 unspecified atom stereocenters. The molecule has 0 aromatic heterocycles. The van der Waals surface area contributed by atoms with Crippen LogP contribution in [0.2, 0.25) is 0 Å². The molecule has 4 atom stereocenters. The normalized spacial score (nSPS) is 13.1. The van der Waals surface area contributed by atoms with Crippen LogP contribution in [0.4, 0.5) is 4.79 Å². The SMILES string of the molecule is CC(=O)NCC(=O)N(C[C@@H](NC(=O)[C@H](CC(C)C)NC(=O)[C@H](CCCN=C(N)N)NC(=O)OCc1ccccc1)C(C)C)[C@@H](Cc1ccccc1)C(N)=O. The molecule has 0 saturated heterocycles. The summed E-state index contributed by atoms with van der Waals surface area (Å²) in [5.74, 6) is -3.32. The molecule has 2 aromatic rings. The van der Waals surface area contributed by atoms with Gasteiger partial charge in [-0.15, -0.1) is 0 Å². The highest BCUT2D eigenvalue weighted by Crippen LogP contribution is 2.15. The highest BCUT2D eigenvalue weighted by Gasteiger charge is 2.34. The average Bonchev–Trinajstić information content (AvgIpc) is 3.11. The van der Waals surface area contributed by atoms with Crippen LogP contribution in [0.1, 0.15) is 65.0 Å². The predicted octanol–water partition coefficient (Wildman–Crippen LogP) is 1.07. The van der Waals surface area contributed by atoms with Gasteiger partial charge in [0.05, 0.1) is 6.54 Å². The van der Waals surface area contributed by atoms with Gasteiger partial charge in [0.2, 0.25) is 29.5 Å². The van der Waals surface area contributed by atoms with Crippen molar-refractivity contribution >= 4 is 41.6 Å². The number of nitrogens with zero attached hydrogens (tertiary/aromatic N) is 2. The van der Waals surface area contributed by atoms with Gasteiger partial charge in [-0.1, -0.05) is 88.4 Å². The highest BCUT2D eigenvalue weighted by molar-refractivity contribution is 5.92. The van der Waals surface area contributed by atoms with E-state index in [2.05, 4.69) is 26.3 Å². The number of ether oxygens (including phenoxy) is 1. The van der Waals surface area contributed by atoms with Crippen molar-refractivity contribution in [1.29, 1.82) is 0 Å². The van der Waals surface area contributed by atoms with E-state index < -0.39 is 59.8 Å². The van der Waals surface area contributed by atoms with Crippen LogP contribution in [0.15, 0.2) is 65.7 Å². The first kappa shape index (κ1) is 44.5. The molecule has 54 heavy (non-hydrogen) atoms. The van der Waals surface area contributed by atoms with Crippen molar-refractivity contribution < 1.29 is 33.5 Å². The minimum absolute atomic E-state index is 0.0176. The third-order valence-electron chi connectivity index (χ3n) is 8.42. The number of guanidine groups is 1. The number of aliphatic imine (C=N–C) groups is 1. The van der Waals surface area contributed by atoms with Gasteiger partial charge in [-0.2, -0.15) is 0 Å². The zero-order chi connectivity index (χ0) is 40.2. The molecule has 0 aliphatic heterocycles. The Balaban J connectivity index is 2.31. The number of carbonyl (C=O) groups excluding carboxylic acids is 6. The molecule has 0 aliphatic rings. The lowest BCUT2D eigenvalue weighted by molar-refractivity contribution is -0.140. The summed E-state index contributed by atoms with van der Waals surface area (Å²) in [6.07, 6.45) is -0.00988. The van der Waals surface area contributed by atoms with Crippen LogP contribution in [0.25, 0.3) is 0 Å². The first-order chi connectivity index (χ1) is 25.6. The highest BCUT2D eigenvalue weighted by atomic mass is 16.5. The van der Waals surface area contributed by atoms with Crippen molar-refractivity contribution in [2.75, 3.05) is 19.6 Å². The Morgan fingerprint density at radius 2 is 1.39 bits per heavy atom. The standard InChI is InChI=1S/C38H57N9O7/c1-24(2)19-30(44-35(51)29(17-12-18-42-37(40)41)46-38(53)54-23-28-15-10-7-11-16-28)36(52)45-31(25(3)4)22-47(33(49)21-43-26(5)48)32(34(39)50)20-27-13-8-6-9-14-27/h6-11,13-16,24-25,29-32H,12,17-23H2,1-5H3,(H2,39,50)(H,43,48)(H,44,51)(H,45,52)(H,46,53)(H4,40,41,42)/t29-,30-,31+,32-/m0/s1. The van der Waals surface area contributed by atoms with Crippen LogP contribution in [0.3, 0.4) is 0 Å². The quantitative estimate of drug-likeness (QED) is 0.0515. The summed E-state index contributed by atoms with van der Waals surface area (Å²) in [6, 6.07) is 14.1. The fraction of sp³-hybridized carbons (Fsp3) is 0.500. The fourth-order valence-electron chi connectivity index (χ4n) is 5.48. The van der Waals surface area contributed by atoms with E-state index >= 15 is 0 Å². The number of nitrogens with one attached hydrogen (secondary N) is 4. The van der Waals surface area contributed by atoms with E-state index in [4.69, 9.17) is 21.9 Å². The molecule has 0 aliphatic carbocycles. The molecule has 2 rings (SSSR count). The number of primary amides is 1. The van der Waals surface area contributed by atoms with Gasteiger partial charge in [0.15, 0.2) is 5.96 Å². The summed E-state index contributed by atoms with van der Waals surface area (Å²) in [6.45, 7) is 8.41. The largest absolute Gasteiger partial charge is 0.445 e. The second-order valence-electron chi connectivity index (χ2n) is 13.8. The molecule has 16 nitrogen and oxygen atoms in total. The Bertz CT molecular complexity index is 1550. The van der Waals surface area contributed by atoms with E-state index in [0.717, 1.165) is 11.1 Å². The molecule has 0 bridgehead atoms. The third-order valence-corrected chi connectivity index (χ3v) is 8.42. The molecule has 0 radical (unpaired) electrons. The van der Waals surface area contributed by atoms with Gasteiger partial charge in [0, 0.05) is 32.5 Å². The lowest BCUT2D eigenvalue weighted by Gasteiger charge is -2.35. The molecule has 0 heterocycles. The second kappa shape index (κ2) is 23.1. The van der Waals surface area contributed by atoms with Gasteiger partial charge in [-0.3, -0.25) is 29.0 Å². The van der Waals surface area contributed by atoms with Crippen LogP contribution in [0.5, 0.6) is 0 Å². The Morgan fingerprint density at radius 1 is 0.796 bits per heavy atom. The number of amides is 6. The second-order valence-corrected chi connectivity index (χ2v) is 13.8. The van der Waals surface area contributed by atoms with Crippen molar-refractivity contribution in [1.82, 2.24) is 26.2 Å². The number of hydrogen-bond acceptors (Lipinski definition) is 8. The van der Waals surface area contributed by atoms with Crippen molar-refractivity contribution in [3.63, 3.8) is 0 Å². The molecule has 0 spiro atoms. The van der Waals surface area contributed by atoms with E-state index in [9.17, 15) is 28.8 Å². The number of carbonyl (C=O) groups is 6. The Labute approximate surface area is 317 Å². The van der Waals surface area contributed by atoms with Crippen molar-refractivity contribution in [2.24, 2.45) is 34.0 Å². The van der Waals surface area contributed by atoms with Crippen molar-refractivity contribution in [3.8, 4) is 0 Å². The molecule has 6 amide bonds. The lowest BCUT2D eigenvalue weighted by Crippen LogP contribution is -2.60. The maximum absolute atomic E-state index is 14.0. The molecule has 0 saturated carbocycles. The molecular weight excluding hydrogens is 694 g/mol. The number of rotatable bonds is 22. The minimum Gasteiger partial charge on any atom is -0.445 e. The van der Waals surface area contributed by atoms with E-state index in [1.54, 1.807) is 36.4 Å². The number of hydrogen-bond donors (Lipinski definition) is 7. The molecule has 2 aromatic carbocycles. The summed E-state index contributed by atoms with van der Waals surface area (Å²) < 4.78 is 5.34. The van der Waals surface area contributed by atoms with Crippen LogP contribution in [-0.2, 0) is 41.7 Å². The van der Waals surface area contributed by atoms with Crippen LogP contribution in [-0.4, -0.2) is 90.3 Å². The lowest BCUT2D eigenvalue weighted by atomic mass is 9.98. The molecule has 16 heteroatoms. The van der Waals surface area contributed by atoms with E-state index in [1.165, 1.54) is 11.8 Å². The Kier molecular flexibility index (Phi) is 19.0. The first-order valence-corrected chi connectivity index (χ1v) is 18.1. The first-order valence-electron chi connectivity index (χ1n) is 18.1. The average molecular weight is 752 g/mol. The summed E-state index contributed by atoms with van der Waals surface area (Å²) in [7, 11) is 0. The number of alkyl carbamates (subject to hydrolysis) is 1. The van der Waals surface area contributed by atoms with E-state index in [-0.39, 0.29) is 63.3 Å². The van der Waals surface area contributed by atoms with Gasteiger partial charge < -0.3 is 48.1 Å². The van der Waals surface area contributed by atoms with E-state index in [1.807, 2.05) is 52.0 Å². The molecule has 10 N–H and O–H groups in total. The van der Waals surface area contributed by atoms with Crippen molar-refractivity contribution in [2.45, 2.75) is 91.1 Å². The van der Waals surface area contributed by atoms with E-state index in [0.29, 0.717) is 6.42 Å². The van der Waals surface area contributed by atoms with Crippen LogP contribution >= 0.6 is 0 Å². The maximum atomic E-state index is 14.0. The summed E-state index contributed by atoms with van der Waals surface area (Å²) in [4.78, 5) is 83.8. The summed E-state index contributed by atoms with van der Waals surface area (Å²) in [5, 5.41) is 10.8. The van der Waals surface area contributed by atoms with Crippen LogP contribution < -0.4 is 38.5 Å². The number of benzene rings is 2. The number of nitrogens with two attached hydrogens (primary N) is 3. The third kappa shape index (κ3) is 16.8. The fourth-order valence-corrected chi connectivity index (χ4v) is 5.48. The smallest absolute Gasteiger partial charge is 0.408 e. The van der Waals surface area contributed by atoms with Gasteiger partial charge in [-0.25, -0.2) is 4.79 Å². The Morgan fingerprint density at radius 3 is 1.93 bits per heavy atom.